The van der Waals surface area contributed by atoms with Crippen LogP contribution in [0.2, 0.25) is 0 Å². The van der Waals surface area contributed by atoms with Crippen LogP contribution in [0.15, 0.2) is 18.2 Å². The van der Waals surface area contributed by atoms with Crippen molar-refractivity contribution in [3.63, 3.8) is 0 Å². The number of hydrogen-bond acceptors (Lipinski definition) is 3. The zero-order valence-corrected chi connectivity index (χ0v) is 14.3. The van der Waals surface area contributed by atoms with E-state index in [0.29, 0.717) is 24.0 Å². The van der Waals surface area contributed by atoms with Gasteiger partial charge in [0, 0.05) is 37.8 Å². The number of rotatable bonds is 4. The topological polar surface area (TPSA) is 52.7 Å². The summed E-state index contributed by atoms with van der Waals surface area (Å²) in [4.78, 5) is 28.3. The van der Waals surface area contributed by atoms with Crippen LogP contribution >= 0.6 is 0 Å². The van der Waals surface area contributed by atoms with Crippen LogP contribution in [0.4, 0.5) is 15.8 Å². The molecule has 2 aliphatic heterocycles. The van der Waals surface area contributed by atoms with Crippen molar-refractivity contribution in [1.29, 1.82) is 0 Å². The highest BCUT2D eigenvalue weighted by atomic mass is 19.1. The minimum absolute atomic E-state index is 0.0641. The maximum Gasteiger partial charge on any atom is 0.229 e. The summed E-state index contributed by atoms with van der Waals surface area (Å²) in [6.07, 6.45) is 5.73. The SMILES string of the molecule is O=C(Nc1ccc(N2CCCCC2)c(F)c1)C1CC(=O)N(C2CC2)C1. The number of piperidine rings is 1. The van der Waals surface area contributed by atoms with Crippen molar-refractivity contribution in [2.24, 2.45) is 5.92 Å². The highest BCUT2D eigenvalue weighted by Crippen LogP contribution is 2.33. The van der Waals surface area contributed by atoms with Gasteiger partial charge in [-0.05, 0) is 50.3 Å². The van der Waals surface area contributed by atoms with E-state index in [1.165, 1.54) is 12.5 Å². The van der Waals surface area contributed by atoms with Crippen molar-refractivity contribution in [2.75, 3.05) is 29.9 Å². The summed E-state index contributed by atoms with van der Waals surface area (Å²) >= 11 is 0. The molecule has 4 rings (SSSR count). The van der Waals surface area contributed by atoms with Crippen LogP contribution in [0.1, 0.15) is 38.5 Å². The van der Waals surface area contributed by atoms with Gasteiger partial charge in [0.2, 0.25) is 11.8 Å². The van der Waals surface area contributed by atoms with Crippen LogP contribution in [0.3, 0.4) is 0 Å². The lowest BCUT2D eigenvalue weighted by Gasteiger charge is -2.29. The van der Waals surface area contributed by atoms with Crippen LogP contribution in [0.5, 0.6) is 0 Å². The summed E-state index contributed by atoms with van der Waals surface area (Å²) in [5.74, 6) is -0.768. The molecule has 3 fully saturated rings. The molecule has 1 aromatic rings. The number of nitrogens with zero attached hydrogens (tertiary/aromatic N) is 2. The molecular weight excluding hydrogens is 321 g/mol. The predicted molar refractivity (Wildman–Crippen MR) is 93.9 cm³/mol. The summed E-state index contributed by atoms with van der Waals surface area (Å²) in [5.41, 5.74) is 1.06. The molecule has 134 valence electrons. The number of amides is 2. The molecule has 0 spiro atoms. The Hall–Kier alpha value is -2.11. The highest BCUT2D eigenvalue weighted by Gasteiger charge is 2.41. The fraction of sp³-hybridized carbons (Fsp3) is 0.579. The zero-order chi connectivity index (χ0) is 17.4. The third-order valence-electron chi connectivity index (χ3n) is 5.43. The quantitative estimate of drug-likeness (QED) is 0.913. The molecule has 5 nitrogen and oxygen atoms in total. The smallest absolute Gasteiger partial charge is 0.229 e. The van der Waals surface area contributed by atoms with Gasteiger partial charge in [0.25, 0.3) is 0 Å². The molecule has 1 saturated carbocycles. The monoisotopic (exact) mass is 345 g/mol. The molecule has 2 heterocycles. The molecule has 0 radical (unpaired) electrons. The first-order chi connectivity index (χ1) is 12.1. The molecule has 1 N–H and O–H groups in total. The van der Waals surface area contributed by atoms with E-state index in [9.17, 15) is 14.0 Å². The first-order valence-electron chi connectivity index (χ1n) is 9.26. The van der Waals surface area contributed by atoms with Gasteiger partial charge in [-0.2, -0.15) is 0 Å². The van der Waals surface area contributed by atoms with E-state index in [-0.39, 0.29) is 30.0 Å². The molecular formula is C19H24FN3O2. The second kappa shape index (κ2) is 6.65. The first-order valence-corrected chi connectivity index (χ1v) is 9.26. The second-order valence-corrected chi connectivity index (χ2v) is 7.38. The fourth-order valence-corrected chi connectivity index (χ4v) is 3.87. The van der Waals surface area contributed by atoms with Crippen molar-refractivity contribution < 1.29 is 14.0 Å². The lowest BCUT2D eigenvalue weighted by molar-refractivity contribution is -0.128. The van der Waals surface area contributed by atoms with E-state index in [0.717, 1.165) is 38.8 Å². The summed E-state index contributed by atoms with van der Waals surface area (Å²) < 4.78 is 14.4. The standard InChI is InChI=1S/C19H24FN3O2/c20-16-11-14(4-7-17(16)22-8-2-1-3-9-22)21-19(25)13-10-18(24)23(12-13)15-5-6-15/h4,7,11,13,15H,1-3,5-6,8-10,12H2,(H,21,25). The molecule has 3 aliphatic rings. The Kier molecular flexibility index (Phi) is 4.36. The summed E-state index contributed by atoms with van der Waals surface area (Å²) in [5, 5.41) is 2.78. The summed E-state index contributed by atoms with van der Waals surface area (Å²) in [6, 6.07) is 5.22. The third-order valence-corrected chi connectivity index (χ3v) is 5.43. The molecule has 25 heavy (non-hydrogen) atoms. The Bertz CT molecular complexity index is 683. The lowest BCUT2D eigenvalue weighted by Crippen LogP contribution is -2.30. The zero-order valence-electron chi connectivity index (χ0n) is 14.3. The van der Waals surface area contributed by atoms with Gasteiger partial charge in [0.1, 0.15) is 5.82 Å². The minimum atomic E-state index is -0.335. The molecule has 2 saturated heterocycles. The Morgan fingerprint density at radius 3 is 2.60 bits per heavy atom. The van der Waals surface area contributed by atoms with Gasteiger partial charge < -0.3 is 15.1 Å². The average Bonchev–Trinajstić information content (AvgIpc) is 3.37. The number of carbonyl (C=O) groups is 2. The van der Waals surface area contributed by atoms with Gasteiger partial charge >= 0.3 is 0 Å². The Morgan fingerprint density at radius 2 is 1.92 bits per heavy atom. The maximum atomic E-state index is 14.4. The molecule has 1 aliphatic carbocycles. The fourth-order valence-electron chi connectivity index (χ4n) is 3.87. The minimum Gasteiger partial charge on any atom is -0.369 e. The van der Waals surface area contributed by atoms with Crippen molar-refractivity contribution in [1.82, 2.24) is 4.90 Å². The van der Waals surface area contributed by atoms with E-state index in [4.69, 9.17) is 0 Å². The Balaban J connectivity index is 1.39. The van der Waals surface area contributed by atoms with Gasteiger partial charge in [0.15, 0.2) is 0 Å². The van der Waals surface area contributed by atoms with E-state index >= 15 is 0 Å². The van der Waals surface area contributed by atoms with E-state index in [1.807, 2.05) is 4.90 Å². The number of anilines is 2. The summed E-state index contributed by atoms with van der Waals surface area (Å²) in [6.45, 7) is 2.25. The number of nitrogens with one attached hydrogen (secondary N) is 1. The Morgan fingerprint density at radius 1 is 1.16 bits per heavy atom. The normalized spacial score (nSPS) is 23.9. The lowest BCUT2D eigenvalue weighted by atomic mass is 10.1. The van der Waals surface area contributed by atoms with Gasteiger partial charge in [-0.15, -0.1) is 0 Å². The average molecular weight is 345 g/mol. The van der Waals surface area contributed by atoms with Crippen LogP contribution in [0, 0.1) is 11.7 Å². The van der Waals surface area contributed by atoms with Crippen molar-refractivity contribution >= 4 is 23.2 Å². The number of likely N-dealkylation sites (tertiary alicyclic amines) is 1. The number of benzene rings is 1. The van der Waals surface area contributed by atoms with Gasteiger partial charge in [-0.3, -0.25) is 9.59 Å². The van der Waals surface area contributed by atoms with Crippen LogP contribution < -0.4 is 10.2 Å². The largest absolute Gasteiger partial charge is 0.369 e. The molecule has 0 aromatic heterocycles. The maximum absolute atomic E-state index is 14.4. The molecule has 0 bridgehead atoms. The molecule has 6 heteroatoms. The van der Waals surface area contributed by atoms with Crippen LogP contribution in [-0.4, -0.2) is 42.4 Å². The van der Waals surface area contributed by atoms with E-state index in [1.54, 1.807) is 12.1 Å². The van der Waals surface area contributed by atoms with Crippen molar-refractivity contribution in [3.8, 4) is 0 Å². The Labute approximate surface area is 147 Å². The first kappa shape index (κ1) is 16.4. The molecule has 1 atom stereocenters. The van der Waals surface area contributed by atoms with Crippen LogP contribution in [0.25, 0.3) is 0 Å². The number of carbonyl (C=O) groups excluding carboxylic acids is 2. The van der Waals surface area contributed by atoms with Gasteiger partial charge in [0.05, 0.1) is 11.6 Å². The number of halogens is 1. The number of hydrogen-bond donors (Lipinski definition) is 1. The van der Waals surface area contributed by atoms with Gasteiger partial charge in [-0.25, -0.2) is 4.39 Å². The van der Waals surface area contributed by atoms with Crippen molar-refractivity contribution in [2.45, 2.75) is 44.6 Å². The van der Waals surface area contributed by atoms with Gasteiger partial charge in [-0.1, -0.05) is 0 Å². The van der Waals surface area contributed by atoms with E-state index < -0.39 is 0 Å². The summed E-state index contributed by atoms with van der Waals surface area (Å²) in [7, 11) is 0. The highest BCUT2D eigenvalue weighted by molar-refractivity contribution is 5.97. The second-order valence-electron chi connectivity index (χ2n) is 7.38. The molecule has 1 unspecified atom stereocenters. The molecule has 1 aromatic carbocycles. The van der Waals surface area contributed by atoms with Crippen molar-refractivity contribution in [3.05, 3.63) is 24.0 Å². The predicted octanol–water partition coefficient (Wildman–Crippen LogP) is 2.77. The third kappa shape index (κ3) is 3.48. The van der Waals surface area contributed by atoms with E-state index in [2.05, 4.69) is 10.2 Å². The van der Waals surface area contributed by atoms with Crippen LogP contribution in [-0.2, 0) is 9.59 Å². The molecule has 2 amide bonds.